The normalized spacial score (nSPS) is 11.3. The van der Waals surface area contributed by atoms with Gasteiger partial charge in [-0.15, -0.1) is 0 Å². The highest BCUT2D eigenvalue weighted by Gasteiger charge is 2.15. The van der Waals surface area contributed by atoms with Crippen molar-refractivity contribution < 1.29 is 0 Å². The number of rotatable bonds is 4. The van der Waals surface area contributed by atoms with Gasteiger partial charge in [0.05, 0.1) is 0 Å². The molecule has 92 valence electrons. The van der Waals surface area contributed by atoms with Crippen molar-refractivity contribution in [3.8, 4) is 0 Å². The molecule has 0 atom stereocenters. The zero-order valence-electron chi connectivity index (χ0n) is 11.4. The van der Waals surface area contributed by atoms with Crippen LogP contribution in [0.4, 0.5) is 0 Å². The first kappa shape index (κ1) is 12.2. The van der Waals surface area contributed by atoms with Crippen LogP contribution in [0.25, 0.3) is 5.65 Å². The second-order valence-corrected chi connectivity index (χ2v) is 4.42. The van der Waals surface area contributed by atoms with Crippen molar-refractivity contribution in [3.63, 3.8) is 0 Å². The first-order valence-electron chi connectivity index (χ1n) is 6.76. The van der Waals surface area contributed by atoms with Crippen LogP contribution in [-0.4, -0.2) is 9.38 Å². The van der Waals surface area contributed by atoms with E-state index in [4.69, 9.17) is 0 Å². The first-order chi connectivity index (χ1) is 8.28. The summed E-state index contributed by atoms with van der Waals surface area (Å²) in [6, 6.07) is 0. The number of fused-ring (bicyclic) bond motifs is 1. The fourth-order valence-electron chi connectivity index (χ4n) is 2.98. The molecule has 0 radical (unpaired) electrons. The van der Waals surface area contributed by atoms with Crippen LogP contribution in [0.15, 0.2) is 12.4 Å². The standard InChI is InChI=1S/C15H22N2/c1-5-11-12(6-2)14(8-4)17-10-9-16-15(17)13(11)7-3/h9-10H,5-8H2,1-4H3. The lowest BCUT2D eigenvalue weighted by Crippen LogP contribution is -2.09. The average molecular weight is 230 g/mol. The molecule has 0 spiro atoms. The van der Waals surface area contributed by atoms with Gasteiger partial charge in [0, 0.05) is 18.1 Å². The van der Waals surface area contributed by atoms with Crippen molar-refractivity contribution in [2.75, 3.05) is 0 Å². The number of aryl methyl sites for hydroxylation is 2. The van der Waals surface area contributed by atoms with E-state index in [-0.39, 0.29) is 0 Å². The SMILES string of the molecule is CCc1c(CC)c(CC)n2ccnc2c1CC. The van der Waals surface area contributed by atoms with Crippen molar-refractivity contribution in [3.05, 3.63) is 34.8 Å². The molecule has 0 saturated carbocycles. The molecular weight excluding hydrogens is 208 g/mol. The summed E-state index contributed by atoms with van der Waals surface area (Å²) in [5.74, 6) is 0. The zero-order chi connectivity index (χ0) is 12.4. The Balaban J connectivity index is 2.89. The summed E-state index contributed by atoms with van der Waals surface area (Å²) >= 11 is 0. The van der Waals surface area contributed by atoms with E-state index in [9.17, 15) is 0 Å². The molecule has 0 saturated heterocycles. The Morgan fingerprint density at radius 2 is 1.53 bits per heavy atom. The van der Waals surface area contributed by atoms with Crippen LogP contribution in [0.1, 0.15) is 50.1 Å². The fourth-order valence-corrected chi connectivity index (χ4v) is 2.98. The summed E-state index contributed by atoms with van der Waals surface area (Å²) in [5.41, 5.74) is 7.11. The molecule has 0 unspecified atom stereocenters. The lowest BCUT2D eigenvalue weighted by atomic mass is 9.94. The first-order valence-corrected chi connectivity index (χ1v) is 6.76. The van der Waals surface area contributed by atoms with Crippen molar-refractivity contribution in [2.24, 2.45) is 0 Å². The van der Waals surface area contributed by atoms with E-state index in [1.165, 1.54) is 28.0 Å². The van der Waals surface area contributed by atoms with Gasteiger partial charge in [-0.3, -0.25) is 0 Å². The van der Waals surface area contributed by atoms with Gasteiger partial charge >= 0.3 is 0 Å². The Hall–Kier alpha value is -1.31. The van der Waals surface area contributed by atoms with E-state index < -0.39 is 0 Å². The highest BCUT2D eigenvalue weighted by Crippen LogP contribution is 2.25. The monoisotopic (exact) mass is 230 g/mol. The van der Waals surface area contributed by atoms with Gasteiger partial charge in [0.25, 0.3) is 0 Å². The minimum absolute atomic E-state index is 1.07. The van der Waals surface area contributed by atoms with Crippen molar-refractivity contribution in [1.29, 1.82) is 0 Å². The minimum atomic E-state index is 1.07. The molecule has 2 rings (SSSR count). The number of imidazole rings is 1. The van der Waals surface area contributed by atoms with Gasteiger partial charge in [-0.25, -0.2) is 4.98 Å². The maximum absolute atomic E-state index is 4.55. The van der Waals surface area contributed by atoms with Crippen molar-refractivity contribution in [1.82, 2.24) is 9.38 Å². The molecule has 0 bridgehead atoms. The third-order valence-electron chi connectivity index (χ3n) is 3.67. The molecule has 0 aliphatic carbocycles. The van der Waals surface area contributed by atoms with Crippen LogP contribution in [0, 0.1) is 0 Å². The van der Waals surface area contributed by atoms with Crippen LogP contribution >= 0.6 is 0 Å². The summed E-state index contributed by atoms with van der Waals surface area (Å²) in [7, 11) is 0. The summed E-state index contributed by atoms with van der Waals surface area (Å²) < 4.78 is 2.29. The van der Waals surface area contributed by atoms with Crippen LogP contribution in [0.3, 0.4) is 0 Å². The number of hydrogen-bond acceptors (Lipinski definition) is 1. The Morgan fingerprint density at radius 3 is 2.06 bits per heavy atom. The molecular formula is C15H22N2. The lowest BCUT2D eigenvalue weighted by molar-refractivity contribution is 0.874. The Morgan fingerprint density at radius 1 is 0.882 bits per heavy atom. The van der Waals surface area contributed by atoms with Crippen LogP contribution < -0.4 is 0 Å². The molecule has 2 heteroatoms. The van der Waals surface area contributed by atoms with Gasteiger partial charge in [0.2, 0.25) is 0 Å². The third kappa shape index (κ3) is 1.76. The quantitative estimate of drug-likeness (QED) is 0.784. The van der Waals surface area contributed by atoms with Gasteiger partial charge in [-0.1, -0.05) is 27.7 Å². The number of hydrogen-bond donors (Lipinski definition) is 0. The van der Waals surface area contributed by atoms with Crippen LogP contribution in [0.5, 0.6) is 0 Å². The second kappa shape index (κ2) is 4.91. The Bertz CT molecular complexity index is 477. The van der Waals surface area contributed by atoms with Gasteiger partial charge in [0.1, 0.15) is 5.65 Å². The van der Waals surface area contributed by atoms with Gasteiger partial charge in [-0.2, -0.15) is 0 Å². The zero-order valence-corrected chi connectivity index (χ0v) is 11.4. The molecule has 17 heavy (non-hydrogen) atoms. The molecule has 2 nitrogen and oxygen atoms in total. The topological polar surface area (TPSA) is 17.3 Å². The fraction of sp³-hybridized carbons (Fsp3) is 0.533. The van der Waals surface area contributed by atoms with E-state index in [1.54, 1.807) is 0 Å². The smallest absolute Gasteiger partial charge is 0.140 e. The van der Waals surface area contributed by atoms with Crippen LogP contribution in [0.2, 0.25) is 0 Å². The Labute approximate surface area is 104 Å². The predicted molar refractivity (Wildman–Crippen MR) is 72.7 cm³/mol. The summed E-state index contributed by atoms with van der Waals surface area (Å²) in [6.07, 6.45) is 8.41. The van der Waals surface area contributed by atoms with E-state index in [0.717, 1.165) is 25.7 Å². The highest BCUT2D eigenvalue weighted by atomic mass is 15.0. The molecule has 0 fully saturated rings. The number of aromatic nitrogens is 2. The molecule has 2 aromatic rings. The molecule has 2 aromatic heterocycles. The minimum Gasteiger partial charge on any atom is -0.304 e. The number of nitrogens with zero attached hydrogens (tertiary/aromatic N) is 2. The average Bonchev–Trinajstić information content (AvgIpc) is 2.84. The second-order valence-electron chi connectivity index (χ2n) is 4.42. The van der Waals surface area contributed by atoms with Crippen LogP contribution in [-0.2, 0) is 25.7 Å². The van der Waals surface area contributed by atoms with E-state index in [0.29, 0.717) is 0 Å². The summed E-state index contributed by atoms with van der Waals surface area (Å²) in [5, 5.41) is 0. The van der Waals surface area contributed by atoms with Crippen molar-refractivity contribution >= 4 is 5.65 Å². The number of pyridine rings is 1. The third-order valence-corrected chi connectivity index (χ3v) is 3.67. The van der Waals surface area contributed by atoms with Gasteiger partial charge in [0.15, 0.2) is 0 Å². The molecule has 2 heterocycles. The van der Waals surface area contributed by atoms with Gasteiger partial charge < -0.3 is 4.40 Å². The predicted octanol–water partition coefficient (Wildman–Crippen LogP) is 3.58. The maximum atomic E-state index is 4.55. The van der Waals surface area contributed by atoms with Crippen molar-refractivity contribution in [2.45, 2.75) is 53.4 Å². The lowest BCUT2D eigenvalue weighted by Gasteiger charge is -2.18. The molecule has 0 aromatic carbocycles. The van der Waals surface area contributed by atoms with E-state index in [1.807, 2.05) is 6.20 Å². The molecule has 0 aliphatic heterocycles. The Kier molecular flexibility index (Phi) is 3.51. The van der Waals surface area contributed by atoms with E-state index >= 15 is 0 Å². The van der Waals surface area contributed by atoms with E-state index in [2.05, 4.69) is 43.3 Å². The largest absolute Gasteiger partial charge is 0.304 e. The molecule has 0 N–H and O–H groups in total. The van der Waals surface area contributed by atoms with Gasteiger partial charge in [-0.05, 0) is 42.4 Å². The highest BCUT2D eigenvalue weighted by molar-refractivity contribution is 5.57. The summed E-state index contributed by atoms with van der Waals surface area (Å²) in [4.78, 5) is 4.55. The molecule has 0 amide bonds. The summed E-state index contributed by atoms with van der Waals surface area (Å²) in [6.45, 7) is 8.98. The maximum Gasteiger partial charge on any atom is 0.140 e. The molecule has 0 aliphatic rings.